The van der Waals surface area contributed by atoms with E-state index in [0.717, 1.165) is 9.13 Å². The predicted molar refractivity (Wildman–Crippen MR) is 86.9 cm³/mol. The molecule has 0 fully saturated rings. The van der Waals surface area contributed by atoms with E-state index in [1.807, 2.05) is 6.07 Å². The molecule has 1 amide bonds. The molecule has 0 atom stereocenters. The van der Waals surface area contributed by atoms with Crippen LogP contribution in [0, 0.1) is 3.57 Å². The highest BCUT2D eigenvalue weighted by molar-refractivity contribution is 14.1. The number of amides is 1. The van der Waals surface area contributed by atoms with E-state index in [0.29, 0.717) is 30.1 Å². The van der Waals surface area contributed by atoms with Gasteiger partial charge in [-0.3, -0.25) is 9.63 Å². The number of aryl methyl sites for hydroxylation is 1. The van der Waals surface area contributed by atoms with Crippen LogP contribution in [-0.2, 0) is 16.1 Å². The SMILES string of the molecule is COc1cc(CCC(=O)N(C)OC)c(I)c(OC)c1OC. The van der Waals surface area contributed by atoms with Crippen molar-refractivity contribution in [2.45, 2.75) is 12.8 Å². The number of hydroxylamine groups is 2. The minimum absolute atomic E-state index is 0.0953. The Morgan fingerprint density at radius 3 is 2.24 bits per heavy atom. The molecule has 0 N–H and O–H groups in total. The summed E-state index contributed by atoms with van der Waals surface area (Å²) in [6.45, 7) is 0. The molecule has 0 spiro atoms. The van der Waals surface area contributed by atoms with E-state index in [1.54, 1.807) is 28.4 Å². The lowest BCUT2D eigenvalue weighted by Gasteiger charge is -2.17. The molecule has 0 saturated carbocycles. The molecule has 1 rings (SSSR count). The van der Waals surface area contributed by atoms with Crippen molar-refractivity contribution in [1.82, 2.24) is 5.06 Å². The van der Waals surface area contributed by atoms with Gasteiger partial charge in [-0.15, -0.1) is 0 Å². The maximum atomic E-state index is 11.8. The van der Waals surface area contributed by atoms with Gasteiger partial charge >= 0.3 is 0 Å². The molecule has 21 heavy (non-hydrogen) atoms. The Kier molecular flexibility index (Phi) is 7.03. The summed E-state index contributed by atoms with van der Waals surface area (Å²) >= 11 is 2.18. The number of carbonyl (C=O) groups is 1. The van der Waals surface area contributed by atoms with Crippen molar-refractivity contribution in [2.24, 2.45) is 0 Å². The standard InChI is InChI=1S/C14H20INO5/c1-16(21-5)11(17)7-6-9-8-10(18-2)13(19-3)14(20-4)12(9)15/h8H,6-7H2,1-5H3. The van der Waals surface area contributed by atoms with Crippen molar-refractivity contribution in [3.05, 3.63) is 15.2 Å². The van der Waals surface area contributed by atoms with Gasteiger partial charge in [-0.05, 0) is 40.6 Å². The summed E-state index contributed by atoms with van der Waals surface area (Å²) in [5.41, 5.74) is 0.961. The van der Waals surface area contributed by atoms with Crippen LogP contribution in [0.5, 0.6) is 17.2 Å². The fourth-order valence-corrected chi connectivity index (χ4v) is 2.75. The number of nitrogens with zero attached hydrogens (tertiary/aromatic N) is 1. The summed E-state index contributed by atoms with van der Waals surface area (Å²) in [5, 5.41) is 1.21. The van der Waals surface area contributed by atoms with Gasteiger partial charge in [0.25, 0.3) is 0 Å². The minimum Gasteiger partial charge on any atom is -0.493 e. The molecule has 7 heteroatoms. The summed E-state index contributed by atoms with van der Waals surface area (Å²) < 4.78 is 16.9. The Labute approximate surface area is 138 Å². The molecule has 0 unspecified atom stereocenters. The van der Waals surface area contributed by atoms with Crippen molar-refractivity contribution >= 4 is 28.5 Å². The zero-order valence-electron chi connectivity index (χ0n) is 12.9. The number of hydrogen-bond acceptors (Lipinski definition) is 5. The first-order valence-corrected chi connectivity index (χ1v) is 7.36. The van der Waals surface area contributed by atoms with Crippen molar-refractivity contribution in [3.8, 4) is 17.2 Å². The van der Waals surface area contributed by atoms with Gasteiger partial charge < -0.3 is 14.2 Å². The topological polar surface area (TPSA) is 57.2 Å². The Morgan fingerprint density at radius 2 is 1.76 bits per heavy atom. The number of ether oxygens (including phenoxy) is 3. The summed E-state index contributed by atoms with van der Waals surface area (Å²) in [7, 11) is 7.75. The number of hydrogen-bond donors (Lipinski definition) is 0. The van der Waals surface area contributed by atoms with Gasteiger partial charge in [-0.1, -0.05) is 0 Å². The number of rotatable bonds is 7. The van der Waals surface area contributed by atoms with Crippen LogP contribution < -0.4 is 14.2 Å². The highest BCUT2D eigenvalue weighted by Gasteiger charge is 2.19. The number of halogens is 1. The molecule has 0 aliphatic rings. The zero-order chi connectivity index (χ0) is 16.0. The molecule has 118 valence electrons. The van der Waals surface area contributed by atoms with E-state index in [4.69, 9.17) is 19.0 Å². The van der Waals surface area contributed by atoms with Crippen LogP contribution in [0.2, 0.25) is 0 Å². The minimum atomic E-state index is -0.0953. The Bertz CT molecular complexity index is 507. The second-order valence-corrected chi connectivity index (χ2v) is 5.27. The van der Waals surface area contributed by atoms with E-state index in [-0.39, 0.29) is 5.91 Å². The van der Waals surface area contributed by atoms with Crippen LogP contribution in [0.4, 0.5) is 0 Å². The average molecular weight is 409 g/mol. The molecule has 6 nitrogen and oxygen atoms in total. The van der Waals surface area contributed by atoms with Gasteiger partial charge in [0.2, 0.25) is 11.7 Å². The van der Waals surface area contributed by atoms with E-state index in [1.165, 1.54) is 12.2 Å². The number of methoxy groups -OCH3 is 3. The molecule has 0 aliphatic carbocycles. The molecule has 0 bridgehead atoms. The first-order valence-electron chi connectivity index (χ1n) is 6.28. The normalized spacial score (nSPS) is 10.2. The van der Waals surface area contributed by atoms with Crippen molar-refractivity contribution in [3.63, 3.8) is 0 Å². The van der Waals surface area contributed by atoms with Crippen molar-refractivity contribution in [2.75, 3.05) is 35.5 Å². The lowest BCUT2D eigenvalue weighted by Crippen LogP contribution is -2.25. The van der Waals surface area contributed by atoms with Crippen molar-refractivity contribution in [1.29, 1.82) is 0 Å². The van der Waals surface area contributed by atoms with Crippen LogP contribution in [0.3, 0.4) is 0 Å². The lowest BCUT2D eigenvalue weighted by atomic mass is 10.1. The first kappa shape index (κ1) is 17.8. The van der Waals surface area contributed by atoms with Gasteiger partial charge in [-0.2, -0.15) is 0 Å². The van der Waals surface area contributed by atoms with Crippen LogP contribution in [0.1, 0.15) is 12.0 Å². The van der Waals surface area contributed by atoms with E-state index >= 15 is 0 Å². The molecule has 1 aromatic rings. The number of carbonyl (C=O) groups excluding carboxylic acids is 1. The van der Waals surface area contributed by atoms with Crippen LogP contribution in [-0.4, -0.2) is 46.5 Å². The Morgan fingerprint density at radius 1 is 1.14 bits per heavy atom. The van der Waals surface area contributed by atoms with Gasteiger partial charge in [0.1, 0.15) is 0 Å². The third-order valence-corrected chi connectivity index (χ3v) is 4.26. The zero-order valence-corrected chi connectivity index (χ0v) is 15.0. The summed E-state index contributed by atoms with van der Waals surface area (Å²) in [6, 6.07) is 1.86. The molecule has 0 heterocycles. The summed E-state index contributed by atoms with van der Waals surface area (Å²) in [5.74, 6) is 1.65. The lowest BCUT2D eigenvalue weighted by molar-refractivity contribution is -0.168. The molecule has 1 aromatic carbocycles. The van der Waals surface area contributed by atoms with Gasteiger partial charge in [-0.25, -0.2) is 5.06 Å². The summed E-state index contributed by atoms with van der Waals surface area (Å²) in [6.07, 6.45) is 0.889. The first-order chi connectivity index (χ1) is 9.99. The van der Waals surface area contributed by atoms with Crippen LogP contribution in [0.15, 0.2) is 6.07 Å². The molecule has 0 radical (unpaired) electrons. The van der Waals surface area contributed by atoms with Crippen molar-refractivity contribution < 1.29 is 23.8 Å². The highest BCUT2D eigenvalue weighted by Crippen LogP contribution is 2.42. The fourth-order valence-electron chi connectivity index (χ4n) is 1.85. The molecule has 0 saturated heterocycles. The Balaban J connectivity index is 3.05. The second-order valence-electron chi connectivity index (χ2n) is 4.19. The quantitative estimate of drug-likeness (QED) is 0.511. The Hall–Kier alpha value is -1.22. The second kappa shape index (κ2) is 8.28. The van der Waals surface area contributed by atoms with E-state index in [2.05, 4.69) is 22.6 Å². The fraction of sp³-hybridized carbons (Fsp3) is 0.500. The number of benzene rings is 1. The maximum Gasteiger partial charge on any atom is 0.246 e. The maximum absolute atomic E-state index is 11.8. The highest BCUT2D eigenvalue weighted by atomic mass is 127. The van der Waals surface area contributed by atoms with Crippen LogP contribution in [0.25, 0.3) is 0 Å². The monoisotopic (exact) mass is 409 g/mol. The molecule has 0 aliphatic heterocycles. The smallest absolute Gasteiger partial charge is 0.246 e. The van der Waals surface area contributed by atoms with Gasteiger partial charge in [0, 0.05) is 13.5 Å². The largest absolute Gasteiger partial charge is 0.493 e. The average Bonchev–Trinajstić information content (AvgIpc) is 2.51. The third kappa shape index (κ3) is 4.13. The predicted octanol–water partition coefficient (Wildman–Crippen LogP) is 2.27. The van der Waals surface area contributed by atoms with Gasteiger partial charge in [0.15, 0.2) is 11.5 Å². The van der Waals surface area contributed by atoms with Gasteiger partial charge in [0.05, 0.1) is 32.0 Å². The molecular formula is C14H20INO5. The van der Waals surface area contributed by atoms with Crippen LogP contribution >= 0.6 is 22.6 Å². The van der Waals surface area contributed by atoms with E-state index < -0.39 is 0 Å². The molecule has 0 aromatic heterocycles. The van der Waals surface area contributed by atoms with E-state index in [9.17, 15) is 4.79 Å². The molecular weight excluding hydrogens is 389 g/mol. The third-order valence-electron chi connectivity index (χ3n) is 3.08. The summed E-state index contributed by atoms with van der Waals surface area (Å²) in [4.78, 5) is 16.7.